The maximum absolute atomic E-state index is 9.35. The van der Waals surface area contributed by atoms with E-state index in [-0.39, 0.29) is 52.8 Å². The van der Waals surface area contributed by atoms with Gasteiger partial charge in [0.2, 0.25) is 0 Å². The van der Waals surface area contributed by atoms with E-state index in [0.717, 1.165) is 0 Å². The van der Waals surface area contributed by atoms with Gasteiger partial charge in [0, 0.05) is 0 Å². The fraction of sp³-hybridized carbons (Fsp3) is 0. The van der Waals surface area contributed by atoms with Crippen molar-refractivity contribution in [1.82, 2.24) is 0 Å². The minimum Gasteiger partial charge on any atom is -1.00 e. The van der Waals surface area contributed by atoms with E-state index in [2.05, 4.69) is 12.5 Å². The van der Waals surface area contributed by atoms with Crippen LogP contribution in [0.25, 0.3) is 0 Å². The Morgan fingerprint density at radius 3 is 1.86 bits per heavy atom. The minimum atomic E-state index is -4.37. The zero-order chi connectivity index (χ0) is 5.21. The van der Waals surface area contributed by atoms with Crippen LogP contribution in [0.3, 0.4) is 0 Å². The first-order chi connectivity index (χ1) is 2.56. The molecule has 0 unspecified atom stereocenters. The Bertz CT molecular complexity index is 80.1. The van der Waals surface area contributed by atoms with Crippen LogP contribution in [-0.2, 0) is 9.01 Å². The first-order valence-electron chi connectivity index (χ1n) is 1.00. The predicted molar refractivity (Wildman–Crippen MR) is 20.0 cm³/mol. The smallest absolute Gasteiger partial charge is 1.00 e. The van der Waals surface area contributed by atoms with Crippen molar-refractivity contribution >= 4 is 15.9 Å². The molecule has 7 heteroatoms. The molecule has 0 spiro atoms. The molecule has 0 aromatic carbocycles. The number of rotatable bonds is 1. The fourth-order valence-corrected chi connectivity index (χ4v) is 0. The Balaban J connectivity index is -0.000000125. The quantitative estimate of drug-likeness (QED) is 0.296. The van der Waals surface area contributed by atoms with Gasteiger partial charge in [-0.2, -0.15) is 0 Å². The molecular formula is H3BKO4P. The average Bonchev–Trinajstić information content (AvgIpc) is 1.35. The van der Waals surface area contributed by atoms with Crippen molar-refractivity contribution in [3.05, 3.63) is 0 Å². The van der Waals surface area contributed by atoms with Gasteiger partial charge >= 0.3 is 59.2 Å². The van der Waals surface area contributed by atoms with Crippen molar-refractivity contribution in [1.29, 1.82) is 0 Å². The van der Waals surface area contributed by atoms with E-state index in [1.165, 1.54) is 0 Å². The third-order valence-corrected chi connectivity index (χ3v) is 0.412. The first kappa shape index (κ1) is 11.6. The van der Waals surface area contributed by atoms with Crippen molar-refractivity contribution in [2.75, 3.05) is 0 Å². The molecule has 0 saturated carbocycles. The summed E-state index contributed by atoms with van der Waals surface area (Å²) < 4.78 is 12.5. The molecule has 0 saturated heterocycles. The van der Waals surface area contributed by atoms with Crippen LogP contribution >= 0.6 is 7.82 Å². The van der Waals surface area contributed by atoms with Crippen LogP contribution < -0.4 is 51.4 Å². The summed E-state index contributed by atoms with van der Waals surface area (Å²) >= 11 is 0. The van der Waals surface area contributed by atoms with Gasteiger partial charge in [-0.1, -0.05) is 0 Å². The Morgan fingerprint density at radius 2 is 1.86 bits per heavy atom. The number of hydrogen-bond donors (Lipinski definition) is 2. The third kappa shape index (κ3) is 11.4. The second kappa shape index (κ2) is 4.67. The molecule has 0 aromatic rings. The van der Waals surface area contributed by atoms with Gasteiger partial charge in [-0.15, -0.1) is 0 Å². The molecule has 0 aliphatic heterocycles. The number of phosphoric acid groups is 1. The van der Waals surface area contributed by atoms with Gasteiger partial charge in [-0.25, -0.2) is 4.57 Å². The van der Waals surface area contributed by atoms with E-state index in [0.29, 0.717) is 0 Å². The van der Waals surface area contributed by atoms with E-state index in [1.54, 1.807) is 0 Å². The van der Waals surface area contributed by atoms with E-state index in [1.807, 2.05) is 0 Å². The van der Waals surface area contributed by atoms with Gasteiger partial charge in [0.05, 0.1) is 0 Å². The molecule has 0 aliphatic carbocycles. The van der Waals surface area contributed by atoms with Crippen molar-refractivity contribution < 1.29 is 71.6 Å². The first-order valence-corrected chi connectivity index (χ1v) is 2.53. The summed E-state index contributed by atoms with van der Waals surface area (Å²) in [5.41, 5.74) is 0. The summed E-state index contributed by atoms with van der Waals surface area (Å²) in [5, 5.41) is 0. The molecule has 2 radical (unpaired) electrons. The van der Waals surface area contributed by atoms with E-state index in [9.17, 15) is 4.57 Å². The average molecular weight is 148 g/mol. The molecular weight excluding hydrogens is 145 g/mol. The van der Waals surface area contributed by atoms with Gasteiger partial charge in [0.25, 0.3) is 8.05 Å². The Hall–Kier alpha value is 1.81. The Kier molecular flexibility index (Phi) is 7.73. The third-order valence-electron chi connectivity index (χ3n) is 0.137. The SMILES string of the molecule is [B]OP(=O)(O)O.[H-].[K+]. The summed E-state index contributed by atoms with van der Waals surface area (Å²) in [7, 11) is -0.326. The molecule has 4 nitrogen and oxygen atoms in total. The second-order valence-electron chi connectivity index (χ2n) is 0.596. The van der Waals surface area contributed by atoms with Crippen LogP contribution in [0.4, 0.5) is 0 Å². The van der Waals surface area contributed by atoms with E-state index in [4.69, 9.17) is 9.79 Å². The zero-order valence-corrected chi connectivity index (χ0v) is 7.75. The molecule has 0 aliphatic rings. The topological polar surface area (TPSA) is 66.8 Å². The summed E-state index contributed by atoms with van der Waals surface area (Å²) in [6.45, 7) is 0. The van der Waals surface area contributed by atoms with Crippen LogP contribution in [0.1, 0.15) is 1.43 Å². The summed E-state index contributed by atoms with van der Waals surface area (Å²) in [6.07, 6.45) is 0. The summed E-state index contributed by atoms with van der Waals surface area (Å²) in [5.74, 6) is 0. The van der Waals surface area contributed by atoms with Crippen LogP contribution in [-0.4, -0.2) is 17.8 Å². The zero-order valence-electron chi connectivity index (χ0n) is 4.74. The van der Waals surface area contributed by atoms with Crippen LogP contribution in [0, 0.1) is 0 Å². The normalized spacial score (nSPS) is 10.0. The Morgan fingerprint density at radius 1 is 1.71 bits per heavy atom. The van der Waals surface area contributed by atoms with Gasteiger partial charge in [-0.05, 0) is 0 Å². The molecule has 7 heavy (non-hydrogen) atoms. The number of hydrogen-bond acceptors (Lipinski definition) is 2. The van der Waals surface area contributed by atoms with Crippen LogP contribution in [0.2, 0.25) is 0 Å². The summed E-state index contributed by atoms with van der Waals surface area (Å²) in [4.78, 5) is 15.2. The van der Waals surface area contributed by atoms with Crippen molar-refractivity contribution in [3.63, 3.8) is 0 Å². The molecule has 0 atom stereocenters. The van der Waals surface area contributed by atoms with Crippen molar-refractivity contribution in [3.8, 4) is 0 Å². The molecule has 0 bridgehead atoms. The van der Waals surface area contributed by atoms with Gasteiger partial charge in [-0.3, -0.25) is 0 Å². The van der Waals surface area contributed by atoms with Gasteiger partial charge in [0.1, 0.15) is 0 Å². The maximum atomic E-state index is 9.35. The van der Waals surface area contributed by atoms with Gasteiger partial charge in [0.15, 0.2) is 0 Å². The molecule has 36 valence electrons. The van der Waals surface area contributed by atoms with E-state index < -0.39 is 7.82 Å². The maximum Gasteiger partial charge on any atom is 1.00 e. The fourth-order valence-electron chi connectivity index (χ4n) is 0. The Labute approximate surface area is 86.2 Å². The van der Waals surface area contributed by atoms with Crippen LogP contribution in [0.5, 0.6) is 0 Å². The molecule has 0 fully saturated rings. The predicted octanol–water partition coefficient (Wildman–Crippen LogP) is -3.70. The van der Waals surface area contributed by atoms with Gasteiger partial charge < -0.3 is 15.7 Å². The van der Waals surface area contributed by atoms with E-state index >= 15 is 0 Å². The van der Waals surface area contributed by atoms with Crippen molar-refractivity contribution in [2.24, 2.45) is 0 Å². The largest absolute Gasteiger partial charge is 1.00 e. The van der Waals surface area contributed by atoms with Crippen molar-refractivity contribution in [2.45, 2.75) is 0 Å². The molecule has 0 rings (SSSR count). The molecule has 0 amide bonds. The molecule has 0 heterocycles. The summed E-state index contributed by atoms with van der Waals surface area (Å²) in [6, 6.07) is 0. The molecule has 0 aromatic heterocycles. The van der Waals surface area contributed by atoms with Crippen LogP contribution in [0.15, 0.2) is 0 Å². The molecule has 2 N–H and O–H groups in total. The minimum absolute atomic E-state index is 0. The second-order valence-corrected chi connectivity index (χ2v) is 1.79. The monoisotopic (exact) mass is 148 g/mol. The standard InChI is InChI=1S/BH2O4P.K.H/c1-5-6(2,3)4;;/h(H2,2,3,4);;/q;+1;-1.